The molecule has 2 N–H and O–H groups in total. The van der Waals surface area contributed by atoms with E-state index in [1.54, 1.807) is 0 Å². The summed E-state index contributed by atoms with van der Waals surface area (Å²) in [5.74, 6) is -0.117. The van der Waals surface area contributed by atoms with E-state index in [4.69, 9.17) is 0 Å². The van der Waals surface area contributed by atoms with E-state index in [0.717, 1.165) is 5.56 Å². The molecule has 0 aromatic heterocycles. The highest BCUT2D eigenvalue weighted by Crippen LogP contribution is 2.20. The molecule has 0 aliphatic carbocycles. The molecule has 100 valence electrons. The maximum Gasteiger partial charge on any atom is 0.223 e. The molecular weight excluding hydrogens is 226 g/mol. The zero-order chi connectivity index (χ0) is 13.8. The Morgan fingerprint density at radius 3 is 2.33 bits per heavy atom. The lowest BCUT2D eigenvalue weighted by Gasteiger charge is -2.28. The summed E-state index contributed by atoms with van der Waals surface area (Å²) in [6.45, 7) is 8.20. The average Bonchev–Trinajstić information content (AvgIpc) is 2.28. The van der Waals surface area contributed by atoms with Crippen LogP contribution in [0.15, 0.2) is 30.3 Å². The Morgan fingerprint density at radius 1 is 1.28 bits per heavy atom. The van der Waals surface area contributed by atoms with Crippen molar-refractivity contribution in [1.29, 1.82) is 0 Å². The molecule has 1 rings (SSSR count). The number of nitrogens with one attached hydrogen (secondary N) is 1. The van der Waals surface area contributed by atoms with Crippen molar-refractivity contribution in [1.82, 2.24) is 5.32 Å². The Morgan fingerprint density at radius 2 is 1.83 bits per heavy atom. The molecule has 2 atom stereocenters. The van der Waals surface area contributed by atoms with Crippen molar-refractivity contribution < 1.29 is 9.90 Å². The van der Waals surface area contributed by atoms with Crippen LogP contribution in [0.25, 0.3) is 0 Å². The molecule has 0 heterocycles. The van der Waals surface area contributed by atoms with E-state index in [1.165, 1.54) is 0 Å². The van der Waals surface area contributed by atoms with E-state index in [9.17, 15) is 9.90 Å². The van der Waals surface area contributed by atoms with Gasteiger partial charge in [-0.15, -0.1) is 0 Å². The van der Waals surface area contributed by atoms with Crippen LogP contribution in [0, 0.1) is 5.41 Å². The van der Waals surface area contributed by atoms with Crippen molar-refractivity contribution in [3.8, 4) is 0 Å². The summed E-state index contributed by atoms with van der Waals surface area (Å²) in [4.78, 5) is 11.8. The number of carbonyl (C=O) groups is 1. The van der Waals surface area contributed by atoms with Gasteiger partial charge in [0.15, 0.2) is 0 Å². The summed E-state index contributed by atoms with van der Waals surface area (Å²) in [6.07, 6.45) is -0.636. The molecule has 1 aromatic rings. The number of hydrogen-bond donors (Lipinski definition) is 2. The molecule has 3 heteroatoms. The van der Waals surface area contributed by atoms with Crippen molar-refractivity contribution in [3.05, 3.63) is 35.9 Å². The third kappa shape index (κ3) is 4.49. The number of rotatable bonds is 4. The van der Waals surface area contributed by atoms with Gasteiger partial charge in [0, 0.05) is 6.04 Å². The normalized spacial score (nSPS) is 14.9. The van der Waals surface area contributed by atoms with E-state index in [2.05, 4.69) is 26.1 Å². The maximum atomic E-state index is 11.8. The summed E-state index contributed by atoms with van der Waals surface area (Å²) in [7, 11) is 0. The SMILES string of the molecule is CC(NC(=O)CC(O)c1ccccc1)C(C)(C)C. The van der Waals surface area contributed by atoms with Crippen LogP contribution >= 0.6 is 0 Å². The molecule has 0 fully saturated rings. The number of amides is 1. The lowest BCUT2D eigenvalue weighted by molar-refractivity contribution is -0.124. The van der Waals surface area contributed by atoms with Crippen LogP contribution in [0.3, 0.4) is 0 Å². The van der Waals surface area contributed by atoms with E-state index in [0.29, 0.717) is 0 Å². The fraction of sp³-hybridized carbons (Fsp3) is 0.533. The Kier molecular flexibility index (Phi) is 4.91. The van der Waals surface area contributed by atoms with Gasteiger partial charge < -0.3 is 10.4 Å². The molecule has 0 aliphatic heterocycles. The van der Waals surface area contributed by atoms with Crippen molar-refractivity contribution in [2.24, 2.45) is 5.41 Å². The summed E-state index contributed by atoms with van der Waals surface area (Å²) in [5.41, 5.74) is 0.795. The second-order valence-corrected chi connectivity index (χ2v) is 5.79. The number of carbonyl (C=O) groups excluding carboxylic acids is 1. The van der Waals surface area contributed by atoms with Crippen molar-refractivity contribution >= 4 is 5.91 Å². The molecule has 3 nitrogen and oxygen atoms in total. The molecule has 0 aliphatic rings. The summed E-state index contributed by atoms with van der Waals surface area (Å²) >= 11 is 0. The lowest BCUT2D eigenvalue weighted by Crippen LogP contribution is -2.41. The molecule has 0 radical (unpaired) electrons. The molecule has 0 spiro atoms. The largest absolute Gasteiger partial charge is 0.388 e. The van der Waals surface area contributed by atoms with Gasteiger partial charge >= 0.3 is 0 Å². The van der Waals surface area contributed by atoms with Gasteiger partial charge in [0.2, 0.25) is 5.91 Å². The third-order valence-electron chi connectivity index (χ3n) is 3.24. The van der Waals surface area contributed by atoms with E-state index < -0.39 is 6.10 Å². The van der Waals surface area contributed by atoms with Gasteiger partial charge in [-0.3, -0.25) is 4.79 Å². The molecule has 18 heavy (non-hydrogen) atoms. The van der Waals surface area contributed by atoms with Gasteiger partial charge in [-0.05, 0) is 17.9 Å². The first kappa shape index (κ1) is 14.7. The quantitative estimate of drug-likeness (QED) is 0.862. The van der Waals surface area contributed by atoms with Crippen LogP contribution in [0.4, 0.5) is 0 Å². The topological polar surface area (TPSA) is 49.3 Å². The minimum atomic E-state index is -0.738. The van der Waals surface area contributed by atoms with Crippen molar-refractivity contribution in [3.63, 3.8) is 0 Å². The highest BCUT2D eigenvalue weighted by Gasteiger charge is 2.22. The second kappa shape index (κ2) is 6.01. The van der Waals surface area contributed by atoms with E-state index in [-0.39, 0.29) is 23.8 Å². The highest BCUT2D eigenvalue weighted by molar-refractivity contribution is 5.77. The van der Waals surface area contributed by atoms with Gasteiger partial charge in [0.05, 0.1) is 12.5 Å². The lowest BCUT2D eigenvalue weighted by atomic mass is 9.88. The van der Waals surface area contributed by atoms with Gasteiger partial charge in [0.1, 0.15) is 0 Å². The Balaban J connectivity index is 2.51. The molecular formula is C15H23NO2. The first-order valence-corrected chi connectivity index (χ1v) is 6.33. The fourth-order valence-corrected chi connectivity index (χ4v) is 1.49. The molecule has 0 saturated carbocycles. The van der Waals surface area contributed by atoms with Gasteiger partial charge in [0.25, 0.3) is 0 Å². The summed E-state index contributed by atoms with van der Waals surface area (Å²) in [6, 6.07) is 9.32. The highest BCUT2D eigenvalue weighted by atomic mass is 16.3. The van der Waals surface area contributed by atoms with Crippen LogP contribution in [-0.4, -0.2) is 17.1 Å². The monoisotopic (exact) mass is 249 g/mol. The van der Waals surface area contributed by atoms with Crippen LogP contribution < -0.4 is 5.32 Å². The molecule has 2 unspecified atom stereocenters. The van der Waals surface area contributed by atoms with E-state index >= 15 is 0 Å². The number of hydrogen-bond acceptors (Lipinski definition) is 2. The predicted molar refractivity (Wildman–Crippen MR) is 73.1 cm³/mol. The zero-order valence-corrected chi connectivity index (χ0v) is 11.6. The Labute approximate surface area is 109 Å². The van der Waals surface area contributed by atoms with Gasteiger partial charge in [-0.1, -0.05) is 51.1 Å². The van der Waals surface area contributed by atoms with Crippen LogP contribution in [-0.2, 0) is 4.79 Å². The minimum Gasteiger partial charge on any atom is -0.388 e. The average molecular weight is 249 g/mol. The summed E-state index contributed by atoms with van der Waals surface area (Å²) in [5, 5.41) is 12.9. The zero-order valence-electron chi connectivity index (χ0n) is 11.6. The Hall–Kier alpha value is -1.35. The maximum absolute atomic E-state index is 11.8. The van der Waals surface area contributed by atoms with Gasteiger partial charge in [-0.25, -0.2) is 0 Å². The third-order valence-corrected chi connectivity index (χ3v) is 3.24. The van der Waals surface area contributed by atoms with Crippen molar-refractivity contribution in [2.75, 3.05) is 0 Å². The van der Waals surface area contributed by atoms with Crippen LogP contribution in [0.1, 0.15) is 45.8 Å². The minimum absolute atomic E-state index is 0.0212. The van der Waals surface area contributed by atoms with Crippen LogP contribution in [0.2, 0.25) is 0 Å². The first-order chi connectivity index (χ1) is 8.30. The van der Waals surface area contributed by atoms with Crippen LogP contribution in [0.5, 0.6) is 0 Å². The molecule has 0 saturated heterocycles. The number of aliphatic hydroxyl groups excluding tert-OH is 1. The number of benzene rings is 1. The molecule has 1 aromatic carbocycles. The Bertz CT molecular complexity index is 381. The van der Waals surface area contributed by atoms with Gasteiger partial charge in [-0.2, -0.15) is 0 Å². The molecule has 0 bridgehead atoms. The summed E-state index contributed by atoms with van der Waals surface area (Å²) < 4.78 is 0. The smallest absolute Gasteiger partial charge is 0.223 e. The standard InChI is InChI=1S/C15H23NO2/c1-11(15(2,3)4)16-14(18)10-13(17)12-8-6-5-7-9-12/h5-9,11,13,17H,10H2,1-4H3,(H,16,18). The second-order valence-electron chi connectivity index (χ2n) is 5.79. The predicted octanol–water partition coefficient (Wildman–Crippen LogP) is 2.66. The number of aliphatic hydroxyl groups is 1. The molecule has 1 amide bonds. The van der Waals surface area contributed by atoms with E-state index in [1.807, 2.05) is 37.3 Å². The first-order valence-electron chi connectivity index (χ1n) is 6.33. The fourth-order valence-electron chi connectivity index (χ4n) is 1.49. The van der Waals surface area contributed by atoms with Crippen molar-refractivity contribution in [2.45, 2.75) is 46.3 Å².